The van der Waals surface area contributed by atoms with Crippen LogP contribution in [0.25, 0.3) is 11.3 Å². The monoisotopic (exact) mass is 328 g/mol. The summed E-state index contributed by atoms with van der Waals surface area (Å²) in [4.78, 5) is 0. The van der Waals surface area contributed by atoms with Gasteiger partial charge in [0, 0.05) is 5.56 Å². The number of aromatic nitrogens is 2. The van der Waals surface area contributed by atoms with Gasteiger partial charge in [0.25, 0.3) is 0 Å². The van der Waals surface area contributed by atoms with E-state index < -0.39 is 6.17 Å². The molecule has 1 aromatic heterocycles. The first-order valence-electron chi connectivity index (χ1n) is 8.50. The minimum absolute atomic E-state index is 0.498. The topological polar surface area (TPSA) is 35.0 Å². The van der Waals surface area contributed by atoms with E-state index in [2.05, 4.69) is 16.8 Å². The van der Waals surface area contributed by atoms with E-state index in [0.29, 0.717) is 13.0 Å². The van der Waals surface area contributed by atoms with Gasteiger partial charge in [-0.25, -0.2) is 4.39 Å². The highest BCUT2D eigenvalue weighted by molar-refractivity contribution is 5.59. The fraction of sp³-hybridized carbons (Fsp3) is 0.400. The first-order chi connectivity index (χ1) is 11.7. The van der Waals surface area contributed by atoms with E-state index in [4.69, 9.17) is 4.74 Å². The van der Waals surface area contributed by atoms with Crippen LogP contribution >= 0.6 is 0 Å². The second kappa shape index (κ2) is 9.81. The molecule has 1 atom stereocenters. The lowest BCUT2D eigenvalue weighted by molar-refractivity contribution is 0.330. The summed E-state index contributed by atoms with van der Waals surface area (Å²) >= 11 is 0. The smallest absolute Gasteiger partial charge is 0.119 e. The van der Waals surface area contributed by atoms with E-state index in [1.807, 2.05) is 36.4 Å². The Morgan fingerprint density at radius 1 is 1.08 bits per heavy atom. The molecular formula is C20H25FN2O. The van der Waals surface area contributed by atoms with Crippen molar-refractivity contribution in [3.05, 3.63) is 54.7 Å². The summed E-state index contributed by atoms with van der Waals surface area (Å²) in [5.41, 5.74) is 2.84. The maximum absolute atomic E-state index is 12.7. The third-order valence-corrected chi connectivity index (χ3v) is 3.77. The zero-order chi connectivity index (χ0) is 17.2. The average molecular weight is 328 g/mol. The molecule has 1 unspecified atom stereocenters. The van der Waals surface area contributed by atoms with Crippen molar-refractivity contribution in [3.63, 3.8) is 0 Å². The van der Waals surface area contributed by atoms with Gasteiger partial charge in [0.05, 0.1) is 17.6 Å². The number of alkyl halides is 1. The molecule has 1 heterocycles. The molecule has 24 heavy (non-hydrogen) atoms. The van der Waals surface area contributed by atoms with Gasteiger partial charge >= 0.3 is 0 Å². The first kappa shape index (κ1) is 18.1. The van der Waals surface area contributed by atoms with Crippen molar-refractivity contribution in [2.24, 2.45) is 0 Å². The quantitative estimate of drug-likeness (QED) is 0.446. The number of unbranched alkanes of at least 4 members (excludes halogenated alkanes) is 2. The molecule has 2 aromatic rings. The average Bonchev–Trinajstić information content (AvgIpc) is 2.60. The molecule has 0 amide bonds. The van der Waals surface area contributed by atoms with Gasteiger partial charge in [-0.3, -0.25) is 0 Å². The minimum atomic E-state index is -0.697. The lowest BCUT2D eigenvalue weighted by Gasteiger charge is -2.05. The van der Waals surface area contributed by atoms with Crippen LogP contribution in [0, 0.1) is 0 Å². The van der Waals surface area contributed by atoms with E-state index in [1.54, 1.807) is 13.0 Å². The first-order valence-corrected chi connectivity index (χ1v) is 8.50. The molecular weight excluding hydrogens is 303 g/mol. The Kier molecular flexibility index (Phi) is 7.40. The Morgan fingerprint density at radius 2 is 1.88 bits per heavy atom. The molecule has 128 valence electrons. The van der Waals surface area contributed by atoms with Crippen molar-refractivity contribution in [1.82, 2.24) is 10.2 Å². The Balaban J connectivity index is 1.83. The fourth-order valence-electron chi connectivity index (χ4n) is 2.43. The second-order valence-electron chi connectivity index (χ2n) is 5.91. The highest BCUT2D eigenvalue weighted by Crippen LogP contribution is 2.20. The van der Waals surface area contributed by atoms with Gasteiger partial charge in [0.15, 0.2) is 0 Å². The van der Waals surface area contributed by atoms with Crippen molar-refractivity contribution in [3.8, 4) is 17.0 Å². The molecule has 0 aliphatic heterocycles. The lowest BCUT2D eigenvalue weighted by Crippen LogP contribution is -1.96. The predicted octanol–water partition coefficient (Wildman–Crippen LogP) is 5.17. The van der Waals surface area contributed by atoms with Gasteiger partial charge in [-0.2, -0.15) is 10.2 Å². The van der Waals surface area contributed by atoms with Crippen molar-refractivity contribution in [2.45, 2.75) is 45.2 Å². The van der Waals surface area contributed by atoms with Gasteiger partial charge in [-0.15, -0.1) is 0 Å². The van der Waals surface area contributed by atoms with Crippen LogP contribution in [0.3, 0.4) is 0 Å². The summed E-state index contributed by atoms with van der Waals surface area (Å²) in [5, 5.41) is 8.59. The van der Waals surface area contributed by atoms with Gasteiger partial charge in [-0.05, 0) is 62.6 Å². The van der Waals surface area contributed by atoms with E-state index >= 15 is 0 Å². The normalized spacial score (nSPS) is 11.9. The third-order valence-electron chi connectivity index (χ3n) is 3.77. The van der Waals surface area contributed by atoms with Crippen LogP contribution in [0.4, 0.5) is 4.39 Å². The number of halogens is 1. The van der Waals surface area contributed by atoms with Crippen LogP contribution in [-0.4, -0.2) is 23.0 Å². The number of hydrogen-bond acceptors (Lipinski definition) is 3. The van der Waals surface area contributed by atoms with Crippen LogP contribution in [0.1, 0.15) is 38.3 Å². The fourth-order valence-corrected chi connectivity index (χ4v) is 2.43. The maximum atomic E-state index is 12.7. The number of ether oxygens (including phenoxy) is 1. The molecule has 0 aliphatic rings. The number of rotatable bonds is 10. The summed E-state index contributed by atoms with van der Waals surface area (Å²) in [5.74, 6) is 0.811. The Labute approximate surface area is 143 Å². The molecule has 0 radical (unpaired) electrons. The SMILES string of the molecule is C=CCOc1ccc(-c2ccc(CCCCCC(C)F)nn2)cc1. The summed E-state index contributed by atoms with van der Waals surface area (Å²) in [6.45, 7) is 5.74. The molecule has 0 N–H and O–H groups in total. The number of aryl methyl sites for hydroxylation is 1. The van der Waals surface area contributed by atoms with E-state index in [1.165, 1.54) is 0 Å². The van der Waals surface area contributed by atoms with Gasteiger partial charge in [0.1, 0.15) is 12.4 Å². The minimum Gasteiger partial charge on any atom is -0.490 e. The van der Waals surface area contributed by atoms with Crippen molar-refractivity contribution in [1.29, 1.82) is 0 Å². The van der Waals surface area contributed by atoms with Crippen LogP contribution in [0.2, 0.25) is 0 Å². The summed E-state index contributed by atoms with van der Waals surface area (Å²) in [6, 6.07) is 11.8. The van der Waals surface area contributed by atoms with Crippen molar-refractivity contribution >= 4 is 0 Å². The third kappa shape index (κ3) is 6.11. The van der Waals surface area contributed by atoms with Crippen LogP contribution in [0.5, 0.6) is 5.75 Å². The summed E-state index contributed by atoms with van der Waals surface area (Å²) < 4.78 is 18.2. The molecule has 0 saturated heterocycles. The Bertz CT molecular complexity index is 609. The van der Waals surface area contributed by atoms with E-state index in [9.17, 15) is 4.39 Å². The molecule has 2 rings (SSSR count). The lowest BCUT2D eigenvalue weighted by atomic mass is 10.1. The van der Waals surface area contributed by atoms with Crippen molar-refractivity contribution < 1.29 is 9.13 Å². The highest BCUT2D eigenvalue weighted by Gasteiger charge is 2.03. The predicted molar refractivity (Wildman–Crippen MR) is 95.9 cm³/mol. The second-order valence-corrected chi connectivity index (χ2v) is 5.91. The van der Waals surface area contributed by atoms with E-state index in [-0.39, 0.29) is 0 Å². The standard InChI is InChI=1S/C20H25FN2O/c1-3-15-24-19-12-9-17(10-13-19)20-14-11-18(22-23-20)8-6-4-5-7-16(2)21/h3,9-14,16H,1,4-8,15H2,2H3. The number of hydrogen-bond donors (Lipinski definition) is 0. The Hall–Kier alpha value is -2.23. The van der Waals surface area contributed by atoms with Crippen LogP contribution in [0.15, 0.2) is 49.1 Å². The molecule has 0 aliphatic carbocycles. The molecule has 0 saturated carbocycles. The molecule has 4 heteroatoms. The van der Waals surface area contributed by atoms with Crippen molar-refractivity contribution in [2.75, 3.05) is 6.61 Å². The highest BCUT2D eigenvalue weighted by atomic mass is 19.1. The molecule has 0 spiro atoms. The molecule has 1 aromatic carbocycles. The number of nitrogens with zero attached hydrogens (tertiary/aromatic N) is 2. The summed E-state index contributed by atoms with van der Waals surface area (Å²) in [6.07, 6.45) is 5.55. The van der Waals surface area contributed by atoms with E-state index in [0.717, 1.165) is 48.4 Å². The van der Waals surface area contributed by atoms with Gasteiger partial charge in [-0.1, -0.05) is 25.5 Å². The molecule has 0 bridgehead atoms. The van der Waals surface area contributed by atoms with Gasteiger partial charge < -0.3 is 4.74 Å². The largest absolute Gasteiger partial charge is 0.490 e. The van der Waals surface area contributed by atoms with Crippen LogP contribution in [-0.2, 0) is 6.42 Å². The Morgan fingerprint density at radius 3 is 2.50 bits per heavy atom. The van der Waals surface area contributed by atoms with Gasteiger partial charge in [0.2, 0.25) is 0 Å². The summed E-state index contributed by atoms with van der Waals surface area (Å²) in [7, 11) is 0. The molecule has 0 fully saturated rings. The maximum Gasteiger partial charge on any atom is 0.119 e. The molecule has 3 nitrogen and oxygen atoms in total. The zero-order valence-electron chi connectivity index (χ0n) is 14.2. The number of benzene rings is 1. The zero-order valence-corrected chi connectivity index (χ0v) is 14.2. The van der Waals surface area contributed by atoms with Crippen LogP contribution < -0.4 is 4.74 Å².